The van der Waals surface area contributed by atoms with E-state index in [1.54, 1.807) is 52.0 Å². The zero-order chi connectivity index (χ0) is 25.2. The standard InChI is InChI=1S/C26H27BN6O3/c1-16-8-9-18(34)11-21(16)31-26(36)32-10-4-5-17(15-32)13-28-24-12-22(19-6-2-3-7-23(19)35)30-25-20(27)14-29-33(24)25/h2-3,6-9,11-12,14,17,28,34-35H,4-5,10,13,15H2,1H3,(H,31,36). The number of piperidine rings is 1. The molecule has 0 spiro atoms. The first kappa shape index (κ1) is 23.5. The number of carbonyl (C=O) groups excluding carboxylic acids is 1. The van der Waals surface area contributed by atoms with Crippen LogP contribution < -0.4 is 16.1 Å². The van der Waals surface area contributed by atoms with Gasteiger partial charge in [-0.15, -0.1) is 0 Å². The number of urea groups is 1. The lowest BCUT2D eigenvalue weighted by atomic mass is 9.98. The maximum absolute atomic E-state index is 12.9. The van der Waals surface area contributed by atoms with Gasteiger partial charge in [-0.1, -0.05) is 18.2 Å². The van der Waals surface area contributed by atoms with Crippen LogP contribution in [0.3, 0.4) is 0 Å². The highest BCUT2D eigenvalue weighted by atomic mass is 16.3. The predicted molar refractivity (Wildman–Crippen MR) is 140 cm³/mol. The molecule has 10 heteroatoms. The molecule has 182 valence electrons. The fraction of sp³-hybridized carbons (Fsp3) is 0.269. The molecule has 3 heterocycles. The maximum atomic E-state index is 12.9. The second-order valence-electron chi connectivity index (χ2n) is 9.14. The Morgan fingerprint density at radius 3 is 2.86 bits per heavy atom. The van der Waals surface area contributed by atoms with E-state index in [4.69, 9.17) is 7.85 Å². The van der Waals surface area contributed by atoms with Crippen LogP contribution in [0.5, 0.6) is 11.5 Å². The summed E-state index contributed by atoms with van der Waals surface area (Å²) in [4.78, 5) is 19.3. The number of nitrogens with one attached hydrogen (secondary N) is 2. The van der Waals surface area contributed by atoms with E-state index >= 15 is 0 Å². The lowest BCUT2D eigenvalue weighted by Crippen LogP contribution is -2.44. The van der Waals surface area contributed by atoms with Crippen LogP contribution in [0.25, 0.3) is 16.9 Å². The van der Waals surface area contributed by atoms with Crippen LogP contribution in [0.15, 0.2) is 54.7 Å². The number of phenols is 2. The van der Waals surface area contributed by atoms with Gasteiger partial charge in [0.05, 0.1) is 5.69 Å². The van der Waals surface area contributed by atoms with Crippen LogP contribution in [-0.2, 0) is 0 Å². The summed E-state index contributed by atoms with van der Waals surface area (Å²) in [6.07, 6.45) is 3.42. The zero-order valence-corrected chi connectivity index (χ0v) is 20.0. The number of likely N-dealkylation sites (tertiary alicyclic amines) is 1. The quantitative estimate of drug-likeness (QED) is 0.325. The molecule has 2 aromatic carbocycles. The Balaban J connectivity index is 1.31. The van der Waals surface area contributed by atoms with Gasteiger partial charge in [-0.2, -0.15) is 9.61 Å². The second kappa shape index (κ2) is 9.81. The average Bonchev–Trinajstić information content (AvgIpc) is 3.26. The van der Waals surface area contributed by atoms with Crippen molar-refractivity contribution in [2.45, 2.75) is 19.8 Å². The zero-order valence-electron chi connectivity index (χ0n) is 20.0. The molecule has 9 nitrogen and oxygen atoms in total. The number of para-hydroxylation sites is 1. The van der Waals surface area contributed by atoms with Crippen molar-refractivity contribution in [2.75, 3.05) is 30.3 Å². The number of fused-ring (bicyclic) bond motifs is 1. The van der Waals surface area contributed by atoms with E-state index < -0.39 is 0 Å². The van der Waals surface area contributed by atoms with E-state index in [0.717, 1.165) is 18.4 Å². The number of amides is 2. The van der Waals surface area contributed by atoms with Gasteiger partial charge in [0.25, 0.3) is 0 Å². The fourth-order valence-electron chi connectivity index (χ4n) is 4.54. The Morgan fingerprint density at radius 2 is 2.03 bits per heavy atom. The Labute approximate surface area is 210 Å². The third-order valence-electron chi connectivity index (χ3n) is 6.52. The van der Waals surface area contributed by atoms with Crippen LogP contribution in [0, 0.1) is 12.8 Å². The summed E-state index contributed by atoms with van der Waals surface area (Å²) in [7, 11) is 6.10. The third kappa shape index (κ3) is 4.79. The van der Waals surface area contributed by atoms with Crippen molar-refractivity contribution < 1.29 is 15.0 Å². The number of hydrogen-bond acceptors (Lipinski definition) is 6. The number of aryl methyl sites for hydroxylation is 1. The summed E-state index contributed by atoms with van der Waals surface area (Å²) in [5.41, 5.74) is 3.62. The Morgan fingerprint density at radius 1 is 1.19 bits per heavy atom. The van der Waals surface area contributed by atoms with Gasteiger partial charge in [0.2, 0.25) is 0 Å². The smallest absolute Gasteiger partial charge is 0.321 e. The first-order valence-corrected chi connectivity index (χ1v) is 11.9. The number of rotatable bonds is 5. The average molecular weight is 482 g/mol. The van der Waals surface area contributed by atoms with E-state index in [1.165, 1.54) is 0 Å². The highest BCUT2D eigenvalue weighted by molar-refractivity contribution is 6.36. The van der Waals surface area contributed by atoms with Gasteiger partial charge in [-0.3, -0.25) is 0 Å². The number of aromatic nitrogens is 3. The van der Waals surface area contributed by atoms with Gasteiger partial charge in [0.15, 0.2) is 5.65 Å². The number of hydrogen-bond donors (Lipinski definition) is 4. The van der Waals surface area contributed by atoms with Crippen LogP contribution in [-0.4, -0.2) is 63.2 Å². The SMILES string of the molecule is [B]c1cnn2c(NCC3CCCN(C(=O)Nc4cc(O)ccc4C)C3)cc(-c3ccccc3O)nc12. The topological polar surface area (TPSA) is 115 Å². The summed E-state index contributed by atoms with van der Waals surface area (Å²) in [6.45, 7) is 3.78. The number of carbonyl (C=O) groups is 1. The van der Waals surface area contributed by atoms with Gasteiger partial charge < -0.3 is 25.7 Å². The number of anilines is 2. The molecule has 0 aliphatic carbocycles. The lowest BCUT2D eigenvalue weighted by molar-refractivity contribution is 0.180. The van der Waals surface area contributed by atoms with Gasteiger partial charge in [-0.25, -0.2) is 9.78 Å². The summed E-state index contributed by atoms with van der Waals surface area (Å²) < 4.78 is 1.65. The minimum Gasteiger partial charge on any atom is -0.508 e. The van der Waals surface area contributed by atoms with Crippen molar-refractivity contribution in [3.8, 4) is 22.8 Å². The monoisotopic (exact) mass is 482 g/mol. The number of phenolic OH excluding ortho intramolecular Hbond substituents is 2. The van der Waals surface area contributed by atoms with E-state index in [2.05, 4.69) is 20.7 Å². The minimum absolute atomic E-state index is 0.114. The predicted octanol–water partition coefficient (Wildman–Crippen LogP) is 3.27. The highest BCUT2D eigenvalue weighted by Crippen LogP contribution is 2.29. The molecule has 2 aromatic heterocycles. The molecule has 1 fully saturated rings. The van der Waals surface area contributed by atoms with Crippen LogP contribution >= 0.6 is 0 Å². The normalized spacial score (nSPS) is 15.7. The van der Waals surface area contributed by atoms with Crippen molar-refractivity contribution >= 4 is 36.5 Å². The molecular weight excluding hydrogens is 455 g/mol. The summed E-state index contributed by atoms with van der Waals surface area (Å²) in [5, 5.41) is 30.8. The Kier molecular flexibility index (Phi) is 6.41. The van der Waals surface area contributed by atoms with Crippen molar-refractivity contribution in [1.82, 2.24) is 19.5 Å². The molecule has 2 radical (unpaired) electrons. The second-order valence-corrected chi connectivity index (χ2v) is 9.14. The molecule has 5 rings (SSSR count). The van der Waals surface area contributed by atoms with Crippen LogP contribution in [0.1, 0.15) is 18.4 Å². The molecule has 0 bridgehead atoms. The molecule has 4 aromatic rings. The molecule has 1 atom stereocenters. The van der Waals surface area contributed by atoms with E-state index in [-0.39, 0.29) is 23.4 Å². The number of benzene rings is 2. The summed E-state index contributed by atoms with van der Waals surface area (Å²) in [5.74, 6) is 1.17. The largest absolute Gasteiger partial charge is 0.508 e. The third-order valence-corrected chi connectivity index (χ3v) is 6.52. The lowest BCUT2D eigenvalue weighted by Gasteiger charge is -2.33. The van der Waals surface area contributed by atoms with Crippen LogP contribution in [0.2, 0.25) is 0 Å². The molecule has 0 saturated carbocycles. The summed E-state index contributed by atoms with van der Waals surface area (Å²) >= 11 is 0. The first-order chi connectivity index (χ1) is 17.4. The van der Waals surface area contributed by atoms with Crippen molar-refractivity contribution in [2.24, 2.45) is 5.92 Å². The van der Waals surface area contributed by atoms with Crippen molar-refractivity contribution in [3.63, 3.8) is 0 Å². The van der Waals surface area contributed by atoms with Crippen LogP contribution in [0.4, 0.5) is 16.3 Å². The number of aromatic hydroxyl groups is 2. The summed E-state index contributed by atoms with van der Waals surface area (Å²) in [6, 6.07) is 13.6. The minimum atomic E-state index is -0.179. The Bertz CT molecular complexity index is 1420. The Hall–Kier alpha value is -4.21. The molecule has 4 N–H and O–H groups in total. The van der Waals surface area contributed by atoms with Gasteiger partial charge in [-0.05, 0) is 54.9 Å². The van der Waals surface area contributed by atoms with E-state index in [9.17, 15) is 15.0 Å². The molecule has 2 amide bonds. The molecule has 1 aliphatic heterocycles. The molecule has 1 saturated heterocycles. The number of nitrogens with zero attached hydrogens (tertiary/aromatic N) is 4. The molecular formula is C26H27BN6O3. The molecule has 1 aliphatic rings. The highest BCUT2D eigenvalue weighted by Gasteiger charge is 2.24. The first-order valence-electron chi connectivity index (χ1n) is 11.9. The maximum Gasteiger partial charge on any atom is 0.321 e. The van der Waals surface area contributed by atoms with Crippen molar-refractivity contribution in [3.05, 3.63) is 60.3 Å². The van der Waals surface area contributed by atoms with Gasteiger partial charge in [0, 0.05) is 49.2 Å². The van der Waals surface area contributed by atoms with Crippen molar-refractivity contribution in [1.29, 1.82) is 0 Å². The van der Waals surface area contributed by atoms with E-state index in [1.807, 2.05) is 19.1 Å². The van der Waals surface area contributed by atoms with E-state index in [0.29, 0.717) is 53.5 Å². The fourth-order valence-corrected chi connectivity index (χ4v) is 4.54. The molecule has 36 heavy (non-hydrogen) atoms. The van der Waals surface area contributed by atoms with Gasteiger partial charge in [0.1, 0.15) is 25.2 Å². The van der Waals surface area contributed by atoms with Gasteiger partial charge >= 0.3 is 6.03 Å². The molecule has 1 unspecified atom stereocenters.